The number of piperidine rings is 1. The molecule has 0 atom stereocenters. The molecule has 2 aromatic rings. The highest BCUT2D eigenvalue weighted by molar-refractivity contribution is 7.81. The molecule has 1 aliphatic carbocycles. The van der Waals surface area contributed by atoms with Gasteiger partial charge in [-0.1, -0.05) is 11.6 Å². The number of thiocarbonyl (C=S) groups is 1. The molecule has 1 amide bonds. The van der Waals surface area contributed by atoms with Gasteiger partial charge in [-0.3, -0.25) is 14.7 Å². The molecule has 3 fully saturated rings. The molecule has 1 saturated carbocycles. The third kappa shape index (κ3) is 3.86. The number of halogens is 1. The Kier molecular flexibility index (Phi) is 5.98. The number of carbonyl (C=O) groups is 1. The van der Waals surface area contributed by atoms with Crippen molar-refractivity contribution in [3.8, 4) is 5.88 Å². The van der Waals surface area contributed by atoms with Crippen molar-refractivity contribution in [1.82, 2.24) is 14.9 Å². The summed E-state index contributed by atoms with van der Waals surface area (Å²) in [6, 6.07) is 5.50. The van der Waals surface area contributed by atoms with Crippen molar-refractivity contribution in [2.24, 2.45) is 5.73 Å². The average Bonchev–Trinajstić information content (AvgIpc) is 3.02. The van der Waals surface area contributed by atoms with E-state index in [4.69, 9.17) is 34.3 Å². The highest BCUT2D eigenvalue weighted by Gasteiger charge is 2.59. The summed E-state index contributed by atoms with van der Waals surface area (Å²) in [6.07, 6.45) is 7.94. The highest BCUT2D eigenvalue weighted by atomic mass is 35.5. The zero-order valence-electron chi connectivity index (χ0n) is 18.5. The van der Waals surface area contributed by atoms with E-state index in [1.54, 1.807) is 18.5 Å². The number of aromatic nitrogens is 2. The summed E-state index contributed by atoms with van der Waals surface area (Å²) >= 11 is 12.1. The Labute approximate surface area is 203 Å². The number of nitrogens with two attached hydrogens (primary N) is 1. The molecule has 2 N–H and O–H groups in total. The van der Waals surface area contributed by atoms with E-state index in [1.807, 2.05) is 17.0 Å². The molecule has 3 aliphatic rings. The van der Waals surface area contributed by atoms with Crippen LogP contribution in [-0.2, 0) is 11.3 Å². The van der Waals surface area contributed by atoms with Crippen LogP contribution in [-0.4, -0.2) is 57.7 Å². The molecule has 0 unspecified atom stereocenters. The molecule has 0 aromatic carbocycles. The SMILES string of the molecule is CN1CCC(Oc2ccc(N3C(=S)N(c4cnc(CN)c(Cl)c4)C(=O)C34CCC4)cn2)CC1. The number of ether oxygens (including phenoxy) is 1. The topological polar surface area (TPSA) is 87.8 Å². The number of hydrogen-bond donors (Lipinski definition) is 1. The minimum absolute atomic E-state index is 0.0521. The molecule has 1 spiro atoms. The maximum absolute atomic E-state index is 13.6. The van der Waals surface area contributed by atoms with E-state index in [1.165, 1.54) is 4.90 Å². The Bertz CT molecular complexity index is 1070. The summed E-state index contributed by atoms with van der Waals surface area (Å²) in [5.41, 5.74) is 6.91. The summed E-state index contributed by atoms with van der Waals surface area (Å²) in [7, 11) is 2.12. The third-order valence-electron chi connectivity index (χ3n) is 6.88. The normalized spacial score (nSPS) is 21.1. The van der Waals surface area contributed by atoms with Crippen LogP contribution >= 0.6 is 23.8 Å². The number of pyridine rings is 2. The predicted molar refractivity (Wildman–Crippen MR) is 132 cm³/mol. The van der Waals surface area contributed by atoms with Crippen LogP contribution in [0.1, 0.15) is 37.8 Å². The van der Waals surface area contributed by atoms with Crippen LogP contribution in [0.5, 0.6) is 5.88 Å². The van der Waals surface area contributed by atoms with Gasteiger partial charge in [-0.25, -0.2) is 4.98 Å². The quantitative estimate of drug-likeness (QED) is 0.645. The number of amides is 1. The molecule has 8 nitrogen and oxygen atoms in total. The first-order valence-corrected chi connectivity index (χ1v) is 12.1. The number of hydrogen-bond acceptors (Lipinski definition) is 7. The Morgan fingerprint density at radius 1 is 1.21 bits per heavy atom. The van der Waals surface area contributed by atoms with Gasteiger partial charge in [0, 0.05) is 25.7 Å². The Morgan fingerprint density at radius 2 is 1.94 bits per heavy atom. The first kappa shape index (κ1) is 22.5. The van der Waals surface area contributed by atoms with Crippen molar-refractivity contribution < 1.29 is 9.53 Å². The van der Waals surface area contributed by atoms with E-state index in [0.717, 1.165) is 50.9 Å². The lowest BCUT2D eigenvalue weighted by Gasteiger charge is -2.42. The van der Waals surface area contributed by atoms with Gasteiger partial charge in [0.2, 0.25) is 5.88 Å². The van der Waals surface area contributed by atoms with Gasteiger partial charge in [-0.2, -0.15) is 0 Å². The Balaban J connectivity index is 1.40. The van der Waals surface area contributed by atoms with E-state index < -0.39 is 5.54 Å². The lowest BCUT2D eigenvalue weighted by molar-refractivity contribution is -0.123. The van der Waals surface area contributed by atoms with E-state index in [2.05, 4.69) is 21.9 Å². The fourth-order valence-electron chi connectivity index (χ4n) is 4.78. The molecule has 174 valence electrons. The van der Waals surface area contributed by atoms with Crippen LogP contribution < -0.4 is 20.3 Å². The van der Waals surface area contributed by atoms with Gasteiger partial charge >= 0.3 is 0 Å². The highest BCUT2D eigenvalue weighted by Crippen LogP contribution is 2.47. The Morgan fingerprint density at radius 3 is 2.52 bits per heavy atom. The molecule has 33 heavy (non-hydrogen) atoms. The lowest BCUT2D eigenvalue weighted by atomic mass is 9.75. The van der Waals surface area contributed by atoms with Gasteiger partial charge in [0.1, 0.15) is 11.6 Å². The molecule has 2 aliphatic heterocycles. The summed E-state index contributed by atoms with van der Waals surface area (Å²) < 4.78 is 6.09. The first-order chi connectivity index (χ1) is 15.9. The second-order valence-electron chi connectivity index (χ2n) is 8.94. The van der Waals surface area contributed by atoms with Gasteiger partial charge < -0.3 is 20.3 Å². The fourth-order valence-corrected chi connectivity index (χ4v) is 5.49. The van der Waals surface area contributed by atoms with E-state index in [0.29, 0.717) is 27.4 Å². The van der Waals surface area contributed by atoms with Crippen LogP contribution in [0.15, 0.2) is 30.6 Å². The molecule has 4 heterocycles. The summed E-state index contributed by atoms with van der Waals surface area (Å²) in [4.78, 5) is 28.2. The molecular formula is C23H27ClN6O2S. The summed E-state index contributed by atoms with van der Waals surface area (Å²) in [5, 5.41) is 0.827. The summed E-state index contributed by atoms with van der Waals surface area (Å²) in [6.45, 7) is 2.28. The van der Waals surface area contributed by atoms with Crippen LogP contribution in [0.3, 0.4) is 0 Å². The number of likely N-dealkylation sites (tertiary alicyclic amines) is 1. The minimum atomic E-state index is -0.686. The monoisotopic (exact) mass is 486 g/mol. The molecule has 2 saturated heterocycles. The number of nitrogens with zero attached hydrogens (tertiary/aromatic N) is 5. The Hall–Kier alpha value is -2.33. The lowest BCUT2D eigenvalue weighted by Crippen LogP contribution is -2.55. The van der Waals surface area contributed by atoms with Gasteiger partial charge in [0.25, 0.3) is 5.91 Å². The number of rotatable bonds is 5. The van der Waals surface area contributed by atoms with Crippen LogP contribution in [0.2, 0.25) is 5.02 Å². The van der Waals surface area contributed by atoms with Crippen LogP contribution in [0.4, 0.5) is 11.4 Å². The van der Waals surface area contributed by atoms with E-state index in [9.17, 15) is 4.79 Å². The van der Waals surface area contributed by atoms with Crippen molar-refractivity contribution in [3.63, 3.8) is 0 Å². The largest absolute Gasteiger partial charge is 0.474 e. The smallest absolute Gasteiger partial charge is 0.259 e. The van der Waals surface area contributed by atoms with Crippen LogP contribution in [0, 0.1) is 0 Å². The van der Waals surface area contributed by atoms with Gasteiger partial charge in [-0.05, 0) is 63.5 Å². The minimum Gasteiger partial charge on any atom is -0.474 e. The molecule has 2 aromatic heterocycles. The maximum atomic E-state index is 13.6. The van der Waals surface area contributed by atoms with Gasteiger partial charge in [-0.15, -0.1) is 0 Å². The van der Waals surface area contributed by atoms with Gasteiger partial charge in [0.05, 0.1) is 34.5 Å². The second-order valence-corrected chi connectivity index (χ2v) is 9.72. The fraction of sp³-hybridized carbons (Fsp3) is 0.478. The predicted octanol–water partition coefficient (Wildman–Crippen LogP) is 3.12. The zero-order valence-corrected chi connectivity index (χ0v) is 20.1. The van der Waals surface area contributed by atoms with E-state index in [-0.39, 0.29) is 18.6 Å². The average molecular weight is 487 g/mol. The number of carbonyl (C=O) groups excluding carboxylic acids is 1. The van der Waals surface area contributed by atoms with Crippen molar-refractivity contribution in [2.75, 3.05) is 29.9 Å². The first-order valence-electron chi connectivity index (χ1n) is 11.3. The van der Waals surface area contributed by atoms with Crippen molar-refractivity contribution in [3.05, 3.63) is 41.3 Å². The molecule has 10 heteroatoms. The van der Waals surface area contributed by atoms with Crippen molar-refractivity contribution in [1.29, 1.82) is 0 Å². The molecular weight excluding hydrogens is 460 g/mol. The molecule has 0 radical (unpaired) electrons. The van der Waals surface area contributed by atoms with Crippen molar-refractivity contribution in [2.45, 2.75) is 50.3 Å². The molecule has 5 rings (SSSR count). The summed E-state index contributed by atoms with van der Waals surface area (Å²) in [5.74, 6) is 0.543. The van der Waals surface area contributed by atoms with E-state index >= 15 is 0 Å². The van der Waals surface area contributed by atoms with Crippen LogP contribution in [0.25, 0.3) is 0 Å². The number of anilines is 2. The van der Waals surface area contributed by atoms with Gasteiger partial charge in [0.15, 0.2) is 5.11 Å². The second kappa shape index (κ2) is 8.79. The third-order valence-corrected chi connectivity index (χ3v) is 7.57. The molecule has 0 bridgehead atoms. The van der Waals surface area contributed by atoms with Crippen molar-refractivity contribution >= 4 is 46.2 Å². The zero-order chi connectivity index (χ0) is 23.2. The standard InChI is InChI=1S/C23H27ClN6O2S/c1-28-9-5-17(6-10-28)32-20-4-3-15(13-27-20)30-22(33)29(21(31)23(30)7-2-8-23)16-11-18(24)19(12-25)26-14-16/h3-4,11,13-14,17H,2,5-10,12,25H2,1H3. The maximum Gasteiger partial charge on any atom is 0.259 e.